The van der Waals surface area contributed by atoms with Gasteiger partial charge in [-0.2, -0.15) is 22.0 Å². The highest BCUT2D eigenvalue weighted by Gasteiger charge is 2.65. The average molecular weight is 245 g/mol. The number of amides is 1. The van der Waals surface area contributed by atoms with E-state index in [0.29, 0.717) is 11.3 Å². The maximum absolute atomic E-state index is 12.8. The van der Waals surface area contributed by atoms with E-state index in [4.69, 9.17) is 0 Å². The minimum atomic E-state index is -5.82. The Morgan fingerprint density at radius 1 is 1.19 bits per heavy atom. The van der Waals surface area contributed by atoms with Crippen molar-refractivity contribution in [3.8, 4) is 0 Å². The van der Waals surface area contributed by atoms with E-state index in [1.165, 1.54) is 6.92 Å². The molecule has 0 aliphatic carbocycles. The van der Waals surface area contributed by atoms with E-state index in [1.807, 2.05) is 0 Å². The molecule has 0 aromatic rings. The predicted octanol–water partition coefficient (Wildman–Crippen LogP) is 2.44. The first-order valence-electron chi connectivity index (χ1n) is 4.83. The predicted molar refractivity (Wildman–Crippen MR) is 46.0 cm³/mol. The Balaban J connectivity index is 2.86. The zero-order chi connectivity index (χ0) is 12.7. The summed E-state index contributed by atoms with van der Waals surface area (Å²) in [7, 11) is 0. The molecule has 1 rings (SSSR count). The van der Waals surface area contributed by atoms with Crippen molar-refractivity contribution in [1.29, 1.82) is 0 Å². The van der Waals surface area contributed by atoms with Crippen LogP contribution in [0, 0.1) is 5.92 Å². The van der Waals surface area contributed by atoms with E-state index in [-0.39, 0.29) is 12.5 Å². The van der Waals surface area contributed by atoms with E-state index in [1.54, 1.807) is 6.92 Å². The smallest absolute Gasteiger partial charge is 0.334 e. The number of rotatable bonds is 1. The fourth-order valence-electron chi connectivity index (χ4n) is 1.88. The molecule has 1 aliphatic rings. The summed E-state index contributed by atoms with van der Waals surface area (Å²) in [6.07, 6.45) is -5.38. The van der Waals surface area contributed by atoms with Crippen LogP contribution in [0.2, 0.25) is 0 Å². The molecule has 0 aromatic heterocycles. The Labute approximate surface area is 89.4 Å². The van der Waals surface area contributed by atoms with Gasteiger partial charge in [-0.15, -0.1) is 0 Å². The maximum Gasteiger partial charge on any atom is 0.463 e. The van der Waals surface area contributed by atoms with Crippen LogP contribution in [0.3, 0.4) is 0 Å². The first kappa shape index (κ1) is 13.2. The van der Waals surface area contributed by atoms with Crippen molar-refractivity contribution in [3.63, 3.8) is 0 Å². The van der Waals surface area contributed by atoms with Crippen LogP contribution < -0.4 is 0 Å². The van der Waals surface area contributed by atoms with Crippen LogP contribution in [-0.2, 0) is 4.79 Å². The van der Waals surface area contributed by atoms with Gasteiger partial charge in [-0.1, -0.05) is 6.92 Å². The molecule has 0 bridgehead atoms. The largest absolute Gasteiger partial charge is 0.463 e. The third-order valence-corrected chi connectivity index (χ3v) is 2.67. The number of hydrogen-bond donors (Lipinski definition) is 0. The van der Waals surface area contributed by atoms with Crippen molar-refractivity contribution in [2.75, 3.05) is 6.54 Å². The van der Waals surface area contributed by atoms with Gasteiger partial charge in [0.2, 0.25) is 0 Å². The van der Waals surface area contributed by atoms with Crippen LogP contribution in [0.25, 0.3) is 0 Å². The number of alkyl halides is 5. The molecule has 1 saturated heterocycles. The number of hydrogen-bond acceptors (Lipinski definition) is 1. The van der Waals surface area contributed by atoms with Crippen molar-refractivity contribution in [1.82, 2.24) is 4.90 Å². The van der Waals surface area contributed by atoms with E-state index in [2.05, 4.69) is 0 Å². The molecule has 2 nitrogen and oxygen atoms in total. The van der Waals surface area contributed by atoms with Gasteiger partial charge < -0.3 is 4.90 Å². The number of halogens is 5. The highest BCUT2D eigenvalue weighted by molar-refractivity contribution is 5.85. The Morgan fingerprint density at radius 3 is 2.00 bits per heavy atom. The summed E-state index contributed by atoms with van der Waals surface area (Å²) in [6.45, 7) is 3.12. The first-order valence-corrected chi connectivity index (χ1v) is 4.83. The van der Waals surface area contributed by atoms with Gasteiger partial charge in [0.1, 0.15) is 0 Å². The summed E-state index contributed by atoms with van der Waals surface area (Å²) < 4.78 is 61.4. The second-order valence-electron chi connectivity index (χ2n) is 4.22. The Hall–Kier alpha value is -0.880. The SMILES string of the molecule is CC1CC(C)N(C(=O)C(F)(F)C(F)(F)F)C1. The molecule has 0 saturated carbocycles. The molecule has 16 heavy (non-hydrogen) atoms. The molecule has 0 aromatic carbocycles. The van der Waals surface area contributed by atoms with Gasteiger partial charge in [0.05, 0.1) is 0 Å². The Bertz CT molecular complexity index is 288. The lowest BCUT2D eigenvalue weighted by Crippen LogP contribution is -2.53. The second-order valence-corrected chi connectivity index (χ2v) is 4.22. The molecule has 2 unspecified atom stereocenters. The van der Waals surface area contributed by atoms with Gasteiger partial charge in [0, 0.05) is 12.6 Å². The molecule has 2 atom stereocenters. The van der Waals surface area contributed by atoms with E-state index >= 15 is 0 Å². The fourth-order valence-corrected chi connectivity index (χ4v) is 1.88. The van der Waals surface area contributed by atoms with Crippen LogP contribution in [0.1, 0.15) is 20.3 Å². The van der Waals surface area contributed by atoms with Crippen molar-refractivity contribution < 1.29 is 26.7 Å². The Kier molecular flexibility index (Phi) is 3.17. The minimum Gasteiger partial charge on any atom is -0.334 e. The number of likely N-dealkylation sites (tertiary alicyclic amines) is 1. The van der Waals surface area contributed by atoms with Gasteiger partial charge in [0.15, 0.2) is 0 Å². The Morgan fingerprint density at radius 2 is 1.69 bits per heavy atom. The van der Waals surface area contributed by atoms with Crippen LogP contribution in [0.4, 0.5) is 22.0 Å². The summed E-state index contributed by atoms with van der Waals surface area (Å²) in [6, 6.07) is -0.573. The molecule has 1 heterocycles. The summed E-state index contributed by atoms with van der Waals surface area (Å²) in [5, 5.41) is 0. The fraction of sp³-hybridized carbons (Fsp3) is 0.889. The van der Waals surface area contributed by atoms with Crippen molar-refractivity contribution >= 4 is 5.91 Å². The zero-order valence-corrected chi connectivity index (χ0v) is 8.81. The van der Waals surface area contributed by atoms with Crippen LogP contribution in [0.5, 0.6) is 0 Å². The lowest BCUT2D eigenvalue weighted by Gasteiger charge is -2.27. The van der Waals surface area contributed by atoms with Crippen LogP contribution in [-0.4, -0.2) is 35.5 Å². The standard InChI is InChI=1S/C9H12F5NO/c1-5-3-6(2)15(4-5)7(16)8(10,11)9(12,13)14/h5-6H,3-4H2,1-2H3. The van der Waals surface area contributed by atoms with Crippen LogP contribution >= 0.6 is 0 Å². The number of carbonyl (C=O) groups excluding carboxylic acids is 1. The van der Waals surface area contributed by atoms with Crippen LogP contribution in [0.15, 0.2) is 0 Å². The van der Waals surface area contributed by atoms with Crippen molar-refractivity contribution in [2.45, 2.75) is 38.4 Å². The van der Waals surface area contributed by atoms with Gasteiger partial charge in [-0.25, -0.2) is 0 Å². The lowest BCUT2D eigenvalue weighted by atomic mass is 10.1. The van der Waals surface area contributed by atoms with Gasteiger partial charge >= 0.3 is 18.0 Å². The third-order valence-electron chi connectivity index (χ3n) is 2.67. The molecule has 1 fully saturated rings. The second kappa shape index (κ2) is 3.85. The molecule has 1 aliphatic heterocycles. The summed E-state index contributed by atoms with van der Waals surface area (Å²) >= 11 is 0. The number of nitrogens with zero attached hydrogens (tertiary/aromatic N) is 1. The van der Waals surface area contributed by atoms with Gasteiger partial charge in [0.25, 0.3) is 0 Å². The number of carbonyl (C=O) groups is 1. The maximum atomic E-state index is 12.8. The highest BCUT2D eigenvalue weighted by atomic mass is 19.4. The van der Waals surface area contributed by atoms with E-state index in [9.17, 15) is 26.7 Å². The first-order chi connectivity index (χ1) is 7.07. The lowest BCUT2D eigenvalue weighted by molar-refractivity contribution is -0.274. The summed E-state index contributed by atoms with van der Waals surface area (Å²) in [4.78, 5) is 11.7. The highest BCUT2D eigenvalue weighted by Crippen LogP contribution is 2.38. The molecule has 0 spiro atoms. The summed E-state index contributed by atoms with van der Waals surface area (Å²) in [5.74, 6) is -7.48. The molecule has 0 radical (unpaired) electrons. The van der Waals surface area contributed by atoms with E-state index in [0.717, 1.165) is 0 Å². The van der Waals surface area contributed by atoms with Crippen molar-refractivity contribution in [2.24, 2.45) is 5.92 Å². The van der Waals surface area contributed by atoms with Gasteiger partial charge in [-0.3, -0.25) is 4.79 Å². The monoisotopic (exact) mass is 245 g/mol. The molecule has 0 N–H and O–H groups in total. The normalized spacial score (nSPS) is 27.3. The average Bonchev–Trinajstić information content (AvgIpc) is 2.41. The third kappa shape index (κ3) is 2.12. The molecular formula is C9H12F5NO. The zero-order valence-electron chi connectivity index (χ0n) is 8.81. The van der Waals surface area contributed by atoms with Gasteiger partial charge in [-0.05, 0) is 19.3 Å². The molecule has 7 heteroatoms. The molecule has 1 amide bonds. The minimum absolute atomic E-state index is 0.0499. The summed E-state index contributed by atoms with van der Waals surface area (Å²) in [5.41, 5.74) is 0. The van der Waals surface area contributed by atoms with Crippen molar-refractivity contribution in [3.05, 3.63) is 0 Å². The van der Waals surface area contributed by atoms with E-state index < -0.39 is 24.0 Å². The topological polar surface area (TPSA) is 20.3 Å². The molecule has 94 valence electrons. The molecular weight excluding hydrogens is 233 g/mol. The quantitative estimate of drug-likeness (QED) is 0.650.